The van der Waals surface area contributed by atoms with E-state index in [4.69, 9.17) is 28.9 Å². The molecule has 6 aliphatic rings. The average Bonchev–Trinajstić information content (AvgIpc) is 4.18. The van der Waals surface area contributed by atoms with Crippen molar-refractivity contribution in [2.75, 3.05) is 92.0 Å². The molecule has 0 N–H and O–H groups in total. The Morgan fingerprint density at radius 3 is 1.44 bits per heavy atom. The van der Waals surface area contributed by atoms with Gasteiger partial charge in [-0.1, -0.05) is 44.0 Å². The molecular weight excluding hydrogens is 1050 g/mol. The number of hydrogen-bond acceptors (Lipinski definition) is 16. The third kappa shape index (κ3) is 10.7. The van der Waals surface area contributed by atoms with E-state index < -0.39 is 12.1 Å². The average molecular weight is 1100 g/mol. The number of nitrogens with zero attached hydrogens (tertiary/aromatic N) is 8. The summed E-state index contributed by atoms with van der Waals surface area (Å²) in [7, 11) is 0. The number of fused-ring (bicyclic) bond motifs is 2. The number of rotatable bonds is 12. The molecule has 6 aliphatic heterocycles. The minimum atomic E-state index is -0.610. The second kappa shape index (κ2) is 22.2. The number of halogens is 4. The van der Waals surface area contributed by atoms with Crippen LogP contribution in [0.2, 0.25) is 0 Å². The lowest BCUT2D eigenvalue weighted by Gasteiger charge is -2.32. The molecular formula is C48H52Br2F2N8O6S2. The van der Waals surface area contributed by atoms with E-state index in [2.05, 4.69) is 61.4 Å². The second-order valence-corrected chi connectivity index (χ2v) is 20.6. The molecule has 0 amide bonds. The van der Waals surface area contributed by atoms with E-state index in [9.17, 15) is 18.4 Å². The largest absolute Gasteiger partial charge is 0.463 e. The second-order valence-electron chi connectivity index (χ2n) is 17.1. The van der Waals surface area contributed by atoms with Gasteiger partial charge < -0.3 is 28.7 Å². The Morgan fingerprint density at radius 2 is 1.09 bits per heavy atom. The number of carbonyl (C=O) groups is 2. The van der Waals surface area contributed by atoms with Crippen LogP contribution in [0.1, 0.15) is 59.9 Å². The van der Waals surface area contributed by atoms with Crippen molar-refractivity contribution in [3.05, 3.63) is 124 Å². The van der Waals surface area contributed by atoms with Gasteiger partial charge in [-0.25, -0.2) is 28.3 Å². The number of benzene rings is 2. The van der Waals surface area contributed by atoms with Crippen LogP contribution in [0.5, 0.6) is 0 Å². The van der Waals surface area contributed by atoms with Crippen LogP contribution in [0.25, 0.3) is 0 Å². The van der Waals surface area contributed by atoms with Crippen LogP contribution >= 0.6 is 54.5 Å². The Bertz CT molecular complexity index is 2410. The summed E-state index contributed by atoms with van der Waals surface area (Å²) in [5.41, 5.74) is 4.36. The molecule has 4 saturated heterocycles. The van der Waals surface area contributed by atoms with Gasteiger partial charge in [0.25, 0.3) is 0 Å². The zero-order chi connectivity index (χ0) is 47.3. The van der Waals surface area contributed by atoms with Crippen LogP contribution in [0.3, 0.4) is 0 Å². The number of carbonyl (C=O) groups excluding carboxylic acids is 2. The van der Waals surface area contributed by atoms with Gasteiger partial charge in [-0.15, -0.1) is 22.7 Å². The summed E-state index contributed by atoms with van der Waals surface area (Å²) in [6.07, 6.45) is 5.00. The topological polar surface area (TPSA) is 135 Å². The highest BCUT2D eigenvalue weighted by molar-refractivity contribution is 9.10. The Morgan fingerprint density at radius 1 is 0.676 bits per heavy atom. The van der Waals surface area contributed by atoms with E-state index in [0.29, 0.717) is 31.9 Å². The molecule has 10 rings (SSSR count). The van der Waals surface area contributed by atoms with Gasteiger partial charge in [0.05, 0.1) is 50.8 Å². The van der Waals surface area contributed by atoms with Crippen molar-refractivity contribution in [3.8, 4) is 0 Å². The molecule has 4 aromatic rings. The summed E-state index contributed by atoms with van der Waals surface area (Å²) in [4.78, 5) is 54.8. The molecule has 68 heavy (non-hydrogen) atoms. The summed E-state index contributed by atoms with van der Waals surface area (Å²) in [6.45, 7) is 14.2. The number of morpholine rings is 2. The predicted octanol–water partition coefficient (Wildman–Crippen LogP) is 8.04. The third-order valence-corrected chi connectivity index (χ3v) is 15.6. The summed E-state index contributed by atoms with van der Waals surface area (Å²) in [5, 5.41) is 5.45. The quantitative estimate of drug-likeness (QED) is 0.127. The van der Waals surface area contributed by atoms with Crippen molar-refractivity contribution in [3.63, 3.8) is 0 Å². The molecule has 4 fully saturated rings. The monoisotopic (exact) mass is 1100 g/mol. The molecule has 0 spiro atoms. The van der Waals surface area contributed by atoms with Gasteiger partial charge in [0.15, 0.2) is 21.7 Å². The molecule has 20 heteroatoms. The highest BCUT2D eigenvalue weighted by Crippen LogP contribution is 2.46. The lowest BCUT2D eigenvalue weighted by molar-refractivity contribution is -0.140. The highest BCUT2D eigenvalue weighted by Gasteiger charge is 2.45. The molecule has 14 nitrogen and oxygen atoms in total. The molecule has 0 saturated carbocycles. The number of amidine groups is 2. The lowest BCUT2D eigenvalue weighted by atomic mass is 9.93. The smallest absolute Gasteiger partial charge is 0.338 e. The Hall–Kier alpha value is -4.28. The summed E-state index contributed by atoms with van der Waals surface area (Å²) >= 11 is 10.0. The van der Waals surface area contributed by atoms with Gasteiger partial charge in [-0.3, -0.25) is 19.8 Å². The van der Waals surface area contributed by atoms with Crippen molar-refractivity contribution in [2.24, 2.45) is 21.8 Å². The molecule has 0 radical (unpaired) electrons. The highest BCUT2D eigenvalue weighted by atomic mass is 79.9. The minimum absolute atomic E-state index is 0.271. The van der Waals surface area contributed by atoms with Gasteiger partial charge >= 0.3 is 11.9 Å². The van der Waals surface area contributed by atoms with Crippen molar-refractivity contribution in [2.45, 2.75) is 38.8 Å². The zero-order valence-corrected chi connectivity index (χ0v) is 42.6. The Kier molecular flexibility index (Phi) is 15.9. The first-order chi connectivity index (χ1) is 33.1. The van der Waals surface area contributed by atoms with E-state index in [1.54, 1.807) is 38.4 Å². The lowest BCUT2D eigenvalue weighted by Crippen LogP contribution is -2.40. The fraction of sp³-hybridized carbons (Fsp3) is 0.458. The number of allylic oxidation sites excluding steroid dienone is 2. The van der Waals surface area contributed by atoms with E-state index in [1.165, 1.54) is 46.9 Å². The summed E-state index contributed by atoms with van der Waals surface area (Å²) in [5.74, 6) is 0.710. The maximum absolute atomic E-state index is 13.9. The van der Waals surface area contributed by atoms with Gasteiger partial charge in [0.2, 0.25) is 0 Å². The maximum atomic E-state index is 13.9. The van der Waals surface area contributed by atoms with E-state index in [0.717, 1.165) is 136 Å². The van der Waals surface area contributed by atoms with Gasteiger partial charge in [-0.2, -0.15) is 0 Å². The molecule has 4 atom stereocenters. The van der Waals surface area contributed by atoms with Crippen molar-refractivity contribution in [1.82, 2.24) is 29.6 Å². The van der Waals surface area contributed by atoms with Crippen LogP contribution in [0, 0.1) is 23.5 Å². The van der Waals surface area contributed by atoms with E-state index >= 15 is 0 Å². The van der Waals surface area contributed by atoms with Gasteiger partial charge in [-0.05, 0) is 73.9 Å². The van der Waals surface area contributed by atoms with Crippen LogP contribution in [-0.4, -0.2) is 145 Å². The SMILES string of the molecule is CCOC(=O)C1=C2C[C@@H](CN3CCOCC3)CN2C(c2nccs2)=NC1c1ccc(F)cc1Br.CCOC(=O)C1=C2C[C@@H](CN3CCOCC3)CN2C(c2nccs2)=NC1c1ccc(F)cc1Br. The molecule has 2 unspecified atom stereocenters. The van der Waals surface area contributed by atoms with Crippen molar-refractivity contribution < 1.29 is 37.3 Å². The predicted molar refractivity (Wildman–Crippen MR) is 262 cm³/mol. The van der Waals surface area contributed by atoms with Gasteiger partial charge in [0.1, 0.15) is 23.7 Å². The fourth-order valence-electron chi connectivity index (χ4n) is 9.73. The summed E-state index contributed by atoms with van der Waals surface area (Å²) < 4.78 is 50.9. The van der Waals surface area contributed by atoms with E-state index in [-0.39, 0.29) is 36.8 Å². The first-order valence-corrected chi connectivity index (χ1v) is 26.2. The van der Waals surface area contributed by atoms with Crippen LogP contribution < -0.4 is 0 Å². The molecule has 8 heterocycles. The molecule has 0 bridgehead atoms. The Labute approximate surface area is 419 Å². The fourth-order valence-corrected chi connectivity index (χ4v) is 12.1. The van der Waals surface area contributed by atoms with Crippen molar-refractivity contribution in [1.29, 1.82) is 0 Å². The number of hydrogen-bond donors (Lipinski definition) is 0. The standard InChI is InChI=1S/2C24H26BrFN4O3S/c2*1-2-33-24(31)20-19-11-15(13-29-6-8-32-9-7-29)14-30(19)22(23-27-5-10-34-23)28-21(20)17-4-3-16(26)12-18(17)25/h2*3-5,10,12,15,21H,2,6-9,11,13-14H2,1H3/t2*15-,21?/m00/s1. The Balaban J connectivity index is 0.000000170. The molecule has 2 aromatic carbocycles. The first-order valence-electron chi connectivity index (χ1n) is 22.9. The molecule has 0 aliphatic carbocycles. The van der Waals surface area contributed by atoms with Crippen LogP contribution in [0.4, 0.5) is 8.78 Å². The third-order valence-electron chi connectivity index (χ3n) is 12.7. The van der Waals surface area contributed by atoms with Crippen LogP contribution in [-0.2, 0) is 28.5 Å². The molecule has 360 valence electrons. The maximum Gasteiger partial charge on any atom is 0.338 e. The van der Waals surface area contributed by atoms with Crippen molar-refractivity contribution >= 4 is 78.1 Å². The number of aliphatic imine (C=N–C) groups is 2. The first kappa shape index (κ1) is 48.7. The van der Waals surface area contributed by atoms with Crippen LogP contribution in [0.15, 0.2) is 101 Å². The minimum Gasteiger partial charge on any atom is -0.463 e. The zero-order valence-electron chi connectivity index (χ0n) is 37.8. The summed E-state index contributed by atoms with van der Waals surface area (Å²) in [6, 6.07) is 7.75. The molecule has 2 aromatic heterocycles. The normalized spacial score (nSPS) is 23.1. The number of aromatic nitrogens is 2. The number of ether oxygens (including phenoxy) is 4. The van der Waals surface area contributed by atoms with Gasteiger partial charge in [0, 0.05) is 95.9 Å². The number of thiazole rings is 2. The number of esters is 2. The van der Waals surface area contributed by atoms with E-state index in [1.807, 2.05) is 10.8 Å².